The molecule has 0 saturated carbocycles. The van der Waals surface area contributed by atoms with Crippen LogP contribution < -0.4 is 5.32 Å². The van der Waals surface area contributed by atoms with Crippen molar-refractivity contribution in [2.45, 2.75) is 19.3 Å². The van der Waals surface area contributed by atoms with E-state index in [2.05, 4.69) is 21.2 Å². The Bertz CT molecular complexity index is 958. The van der Waals surface area contributed by atoms with Gasteiger partial charge in [-0.05, 0) is 37.6 Å². The number of methoxy groups -OCH3 is 1. The first-order valence-electron chi connectivity index (χ1n) is 9.20. The lowest BCUT2D eigenvalue weighted by molar-refractivity contribution is -0.152. The maximum Gasteiger partial charge on any atom is 0.338 e. The fourth-order valence-electron chi connectivity index (χ4n) is 3.82. The number of esters is 2. The second-order valence-electron chi connectivity index (χ2n) is 6.66. The number of amides is 1. The largest absolute Gasteiger partial charge is 0.463 e. The number of allylic oxidation sites excluding steroid dienone is 1. The summed E-state index contributed by atoms with van der Waals surface area (Å²) in [5.41, 5.74) is -1.23. The van der Waals surface area contributed by atoms with Gasteiger partial charge in [-0.2, -0.15) is 0 Å². The van der Waals surface area contributed by atoms with Crippen LogP contribution in [0.4, 0.5) is 5.69 Å². The minimum Gasteiger partial charge on any atom is -0.463 e. The maximum absolute atomic E-state index is 13.4. The molecule has 0 saturated heterocycles. The zero-order chi connectivity index (χ0) is 22.1. The number of rotatable bonds is 6. The first-order chi connectivity index (χ1) is 14.3. The summed E-state index contributed by atoms with van der Waals surface area (Å²) in [6.45, 7) is 3.19. The van der Waals surface area contributed by atoms with Crippen molar-refractivity contribution in [3.8, 4) is 0 Å². The maximum atomic E-state index is 13.4. The van der Waals surface area contributed by atoms with E-state index in [9.17, 15) is 14.4 Å². The van der Waals surface area contributed by atoms with Crippen molar-refractivity contribution in [2.24, 2.45) is 5.92 Å². The lowest BCUT2D eigenvalue weighted by Gasteiger charge is -2.39. The number of hydrogen-bond donors (Lipinski definition) is 2. The van der Waals surface area contributed by atoms with Gasteiger partial charge in [-0.15, -0.1) is 0 Å². The number of carbonyl (C=O) groups is 3. The predicted octanol–water partition coefficient (Wildman–Crippen LogP) is 2.29. The van der Waals surface area contributed by atoms with Crippen LogP contribution in [0.2, 0.25) is 0 Å². The highest BCUT2D eigenvalue weighted by molar-refractivity contribution is 9.10. The number of anilines is 1. The molecule has 30 heavy (non-hydrogen) atoms. The molecule has 0 radical (unpaired) electrons. The molecule has 0 bridgehead atoms. The Morgan fingerprint density at radius 3 is 2.70 bits per heavy atom. The Balaban J connectivity index is 2.27. The van der Waals surface area contributed by atoms with Crippen LogP contribution in [0.15, 0.2) is 34.0 Å². The van der Waals surface area contributed by atoms with E-state index >= 15 is 0 Å². The summed E-state index contributed by atoms with van der Waals surface area (Å²) >= 11 is 3.37. The third kappa shape index (κ3) is 3.39. The molecule has 2 aliphatic rings. The Morgan fingerprint density at radius 2 is 2.03 bits per heavy atom. The third-order valence-electron chi connectivity index (χ3n) is 4.96. The molecule has 1 spiro atoms. The van der Waals surface area contributed by atoms with E-state index in [1.807, 2.05) is 0 Å². The molecule has 2 unspecified atom stereocenters. The van der Waals surface area contributed by atoms with Crippen LogP contribution in [-0.4, -0.2) is 50.7 Å². The molecule has 10 heteroatoms. The lowest BCUT2D eigenvalue weighted by Crippen LogP contribution is -2.56. The van der Waals surface area contributed by atoms with Crippen LogP contribution in [0.1, 0.15) is 19.4 Å². The highest BCUT2D eigenvalue weighted by Crippen LogP contribution is 2.53. The van der Waals surface area contributed by atoms with Gasteiger partial charge in [0.25, 0.3) is 0 Å². The molecule has 2 heterocycles. The van der Waals surface area contributed by atoms with Crippen LogP contribution in [0.25, 0.3) is 0 Å². The van der Waals surface area contributed by atoms with Gasteiger partial charge in [0.2, 0.25) is 11.8 Å². The van der Waals surface area contributed by atoms with E-state index in [0.717, 1.165) is 0 Å². The van der Waals surface area contributed by atoms with Crippen molar-refractivity contribution in [3.63, 3.8) is 0 Å². The van der Waals surface area contributed by atoms with E-state index < -0.39 is 35.1 Å². The van der Waals surface area contributed by atoms with Crippen molar-refractivity contribution in [1.82, 2.24) is 0 Å². The zero-order valence-corrected chi connectivity index (χ0v) is 18.3. The van der Waals surface area contributed by atoms with Crippen molar-refractivity contribution in [3.05, 3.63) is 39.6 Å². The van der Waals surface area contributed by atoms with E-state index in [4.69, 9.17) is 24.4 Å². The molecular formula is C20H21BrN2O7. The van der Waals surface area contributed by atoms with E-state index in [-0.39, 0.29) is 31.2 Å². The van der Waals surface area contributed by atoms with Crippen LogP contribution in [0.3, 0.4) is 0 Å². The minimum atomic E-state index is -1.87. The number of ether oxygens (including phenoxy) is 4. The number of fused-ring (bicyclic) bond motifs is 2. The summed E-state index contributed by atoms with van der Waals surface area (Å²) in [4.78, 5) is 39.4. The molecular weight excluding hydrogens is 460 g/mol. The van der Waals surface area contributed by atoms with E-state index in [1.54, 1.807) is 25.1 Å². The summed E-state index contributed by atoms with van der Waals surface area (Å²) in [5, 5.41) is 11.1. The van der Waals surface area contributed by atoms with Gasteiger partial charge in [0.15, 0.2) is 5.92 Å². The van der Waals surface area contributed by atoms with Gasteiger partial charge >= 0.3 is 11.9 Å². The summed E-state index contributed by atoms with van der Waals surface area (Å²) in [6.07, 6.45) is 0. The summed E-state index contributed by atoms with van der Waals surface area (Å²) in [5.74, 6) is -4.32. The van der Waals surface area contributed by atoms with Crippen LogP contribution in [-0.2, 0) is 38.7 Å². The van der Waals surface area contributed by atoms with Gasteiger partial charge in [-0.25, -0.2) is 4.79 Å². The molecule has 1 aromatic rings. The molecule has 160 valence electrons. The Kier molecular flexibility index (Phi) is 6.27. The van der Waals surface area contributed by atoms with Crippen molar-refractivity contribution >= 4 is 45.4 Å². The van der Waals surface area contributed by atoms with Gasteiger partial charge in [-0.3, -0.25) is 15.0 Å². The minimum absolute atomic E-state index is 0.0161. The van der Waals surface area contributed by atoms with E-state index in [1.165, 1.54) is 14.0 Å². The molecule has 2 atom stereocenters. The van der Waals surface area contributed by atoms with Crippen molar-refractivity contribution < 1.29 is 33.3 Å². The Morgan fingerprint density at radius 1 is 1.30 bits per heavy atom. The number of benzene rings is 1. The lowest BCUT2D eigenvalue weighted by atomic mass is 9.64. The average molecular weight is 481 g/mol. The molecule has 2 N–H and O–H groups in total. The molecule has 0 aliphatic carbocycles. The number of nitrogens with one attached hydrogen (secondary N) is 2. The molecule has 1 amide bonds. The quantitative estimate of drug-likeness (QED) is 0.472. The highest BCUT2D eigenvalue weighted by atomic mass is 79.9. The number of halogens is 1. The second-order valence-corrected chi connectivity index (χ2v) is 7.58. The molecule has 3 rings (SSSR count). The molecule has 0 aromatic heterocycles. The second kappa shape index (κ2) is 8.57. The number of hydrogen-bond acceptors (Lipinski definition) is 8. The first kappa shape index (κ1) is 22.0. The third-order valence-corrected chi connectivity index (χ3v) is 5.46. The van der Waals surface area contributed by atoms with Gasteiger partial charge in [0, 0.05) is 17.3 Å². The van der Waals surface area contributed by atoms with Crippen molar-refractivity contribution in [2.75, 3.05) is 32.2 Å². The zero-order valence-electron chi connectivity index (χ0n) is 16.7. The van der Waals surface area contributed by atoms with Gasteiger partial charge in [0.05, 0.1) is 18.8 Å². The molecule has 2 aliphatic heterocycles. The average Bonchev–Trinajstić information content (AvgIpc) is 2.94. The summed E-state index contributed by atoms with van der Waals surface area (Å²) < 4.78 is 21.4. The van der Waals surface area contributed by atoms with Crippen LogP contribution in [0, 0.1) is 11.3 Å². The molecule has 9 nitrogen and oxygen atoms in total. The first-order valence-corrected chi connectivity index (χ1v) is 10.00. The van der Waals surface area contributed by atoms with Crippen molar-refractivity contribution in [1.29, 1.82) is 5.41 Å². The van der Waals surface area contributed by atoms with Crippen LogP contribution in [0.5, 0.6) is 0 Å². The van der Waals surface area contributed by atoms with E-state index in [0.29, 0.717) is 15.7 Å². The summed E-state index contributed by atoms with van der Waals surface area (Å²) in [7, 11) is 1.45. The smallest absolute Gasteiger partial charge is 0.338 e. The topological polar surface area (TPSA) is 124 Å². The van der Waals surface area contributed by atoms with Crippen LogP contribution >= 0.6 is 15.9 Å². The predicted molar refractivity (Wildman–Crippen MR) is 109 cm³/mol. The molecule has 0 fully saturated rings. The SMILES string of the molecule is CCOC(=O)C1=C(C)OC(=N)C(C(=O)OCCOC)C12C(=O)Nc1ccc(Br)cc12. The molecule has 1 aromatic carbocycles. The normalized spacial score (nSPS) is 22.5. The van der Waals surface area contributed by atoms with Gasteiger partial charge < -0.3 is 24.3 Å². The fraction of sp³-hybridized carbons (Fsp3) is 0.400. The Hall–Kier alpha value is -2.72. The Labute approximate surface area is 181 Å². The van der Waals surface area contributed by atoms with Gasteiger partial charge in [0.1, 0.15) is 17.8 Å². The summed E-state index contributed by atoms with van der Waals surface area (Å²) in [6, 6.07) is 5.00. The monoisotopic (exact) mass is 480 g/mol. The number of carbonyl (C=O) groups excluding carboxylic acids is 3. The van der Waals surface area contributed by atoms with Gasteiger partial charge in [-0.1, -0.05) is 15.9 Å². The highest BCUT2D eigenvalue weighted by Gasteiger charge is 2.65. The standard InChI is InChI=1S/C20H21BrN2O7/c1-4-28-17(24)14-10(2)30-16(22)15(18(25)29-8-7-27-3)20(14)12-9-11(21)5-6-13(12)23-19(20)26/h5-6,9,15,22H,4,7-8H2,1-3H3,(H,23,26). The fourth-order valence-corrected chi connectivity index (χ4v) is 4.19.